The molecule has 32 heavy (non-hydrogen) atoms. The Labute approximate surface area is 190 Å². The van der Waals surface area contributed by atoms with Crippen molar-refractivity contribution in [2.45, 2.75) is 39.5 Å². The Balaban J connectivity index is 1.99. The molecule has 3 rings (SSSR count). The van der Waals surface area contributed by atoms with Crippen LogP contribution in [0.2, 0.25) is 5.02 Å². The highest BCUT2D eigenvalue weighted by Gasteiger charge is 2.19. The number of carbonyl (C=O) groups excluding carboxylic acids is 1. The average molecular weight is 455 g/mol. The van der Waals surface area contributed by atoms with E-state index in [1.165, 1.54) is 7.11 Å². The molecule has 2 aromatic carbocycles. The molecular formula is C23H23ClN4O4. The number of nitriles is 1. The lowest BCUT2D eigenvalue weighted by molar-refractivity contribution is -0.155. The fourth-order valence-electron chi connectivity index (χ4n) is 3.09. The summed E-state index contributed by atoms with van der Waals surface area (Å²) in [6.07, 6.45) is 0. The van der Waals surface area contributed by atoms with Crippen molar-refractivity contribution >= 4 is 34.2 Å². The minimum absolute atomic E-state index is 0.331. The number of halogens is 1. The number of nitrogens with zero attached hydrogens (tertiary/aromatic N) is 3. The number of nitrogens with one attached hydrogen (secondary N) is 1. The summed E-state index contributed by atoms with van der Waals surface area (Å²) in [5, 5.41) is 18.1. The maximum Gasteiger partial charge on any atom is 0.328 e. The molecule has 0 radical (unpaired) electrons. The minimum Gasteiger partial charge on any atom is -0.495 e. The van der Waals surface area contributed by atoms with Gasteiger partial charge in [-0.3, -0.25) is 9.59 Å². The SMILES string of the molecule is COc1ccc(CNc2nn(CC(=O)OC(C)(C)C)c(=O)c3ccc(C#N)cc23)cc1Cl. The van der Waals surface area contributed by atoms with E-state index < -0.39 is 17.1 Å². The van der Waals surface area contributed by atoms with E-state index in [1.54, 1.807) is 51.1 Å². The second-order valence-corrected chi connectivity index (χ2v) is 8.50. The average Bonchev–Trinajstić information content (AvgIpc) is 2.73. The molecule has 9 heteroatoms. The Kier molecular flexibility index (Phi) is 6.70. The zero-order valence-electron chi connectivity index (χ0n) is 18.2. The van der Waals surface area contributed by atoms with Gasteiger partial charge in [0.25, 0.3) is 5.56 Å². The molecule has 0 saturated heterocycles. The van der Waals surface area contributed by atoms with Crippen LogP contribution in [0.25, 0.3) is 10.8 Å². The first-order valence-corrected chi connectivity index (χ1v) is 10.2. The second kappa shape index (κ2) is 9.28. The van der Waals surface area contributed by atoms with Crippen molar-refractivity contribution < 1.29 is 14.3 Å². The Morgan fingerprint density at radius 3 is 2.59 bits per heavy atom. The predicted octanol–water partition coefficient (Wildman–Crippen LogP) is 3.88. The molecule has 1 aromatic heterocycles. The standard InChI is InChI=1S/C23H23ClN4O4/c1-23(2,3)32-20(29)13-28-22(30)16-7-5-14(11-25)9-17(16)21(27-28)26-12-15-6-8-19(31-4)18(24)10-15/h5-10H,12-13H2,1-4H3,(H,26,27). The number of anilines is 1. The van der Waals surface area contributed by atoms with Crippen molar-refractivity contribution in [1.29, 1.82) is 5.26 Å². The number of esters is 1. The minimum atomic E-state index is -0.687. The van der Waals surface area contributed by atoms with Crippen LogP contribution in [-0.2, 0) is 22.6 Å². The number of fused-ring (bicyclic) bond motifs is 1. The molecule has 1 heterocycles. The molecule has 0 spiro atoms. The van der Waals surface area contributed by atoms with E-state index in [1.807, 2.05) is 6.07 Å². The van der Waals surface area contributed by atoms with Crippen molar-refractivity contribution in [2.75, 3.05) is 12.4 Å². The maximum atomic E-state index is 12.9. The Bertz CT molecular complexity index is 1270. The maximum absolute atomic E-state index is 12.9. The highest BCUT2D eigenvalue weighted by Crippen LogP contribution is 2.26. The third-order valence-electron chi connectivity index (χ3n) is 4.46. The number of hydrogen-bond acceptors (Lipinski definition) is 7. The molecule has 0 aliphatic rings. The number of aromatic nitrogens is 2. The van der Waals surface area contributed by atoms with Gasteiger partial charge in [-0.15, -0.1) is 0 Å². The zero-order valence-corrected chi connectivity index (χ0v) is 19.0. The fourth-order valence-corrected chi connectivity index (χ4v) is 3.37. The molecule has 0 unspecified atom stereocenters. The highest BCUT2D eigenvalue weighted by molar-refractivity contribution is 6.32. The van der Waals surface area contributed by atoms with E-state index in [2.05, 4.69) is 16.5 Å². The molecule has 0 saturated carbocycles. The molecule has 0 aliphatic heterocycles. The zero-order chi connectivity index (χ0) is 23.5. The first kappa shape index (κ1) is 23.1. The van der Waals surface area contributed by atoms with Gasteiger partial charge in [0, 0.05) is 11.9 Å². The Morgan fingerprint density at radius 1 is 1.22 bits per heavy atom. The summed E-state index contributed by atoms with van der Waals surface area (Å²) in [7, 11) is 1.54. The van der Waals surface area contributed by atoms with E-state index in [0.717, 1.165) is 10.2 Å². The van der Waals surface area contributed by atoms with Gasteiger partial charge in [0.15, 0.2) is 5.82 Å². The summed E-state index contributed by atoms with van der Waals surface area (Å²) < 4.78 is 11.6. The quantitative estimate of drug-likeness (QED) is 0.563. The summed E-state index contributed by atoms with van der Waals surface area (Å²) in [4.78, 5) is 25.2. The summed E-state index contributed by atoms with van der Waals surface area (Å²) in [5.74, 6) is 0.337. The van der Waals surface area contributed by atoms with Gasteiger partial charge in [0.05, 0.1) is 29.2 Å². The largest absolute Gasteiger partial charge is 0.495 e. The summed E-state index contributed by atoms with van der Waals surface area (Å²) in [5.41, 5.74) is 0.105. The molecule has 0 fully saturated rings. The van der Waals surface area contributed by atoms with Gasteiger partial charge in [0.1, 0.15) is 17.9 Å². The first-order chi connectivity index (χ1) is 15.1. The number of benzene rings is 2. The van der Waals surface area contributed by atoms with Gasteiger partial charge >= 0.3 is 5.97 Å². The van der Waals surface area contributed by atoms with E-state index in [4.69, 9.17) is 21.1 Å². The summed E-state index contributed by atoms with van der Waals surface area (Å²) in [6.45, 7) is 5.25. The number of methoxy groups -OCH3 is 1. The van der Waals surface area contributed by atoms with E-state index >= 15 is 0 Å². The third kappa shape index (κ3) is 5.37. The van der Waals surface area contributed by atoms with Crippen molar-refractivity contribution in [3.63, 3.8) is 0 Å². The normalized spacial score (nSPS) is 11.1. The van der Waals surface area contributed by atoms with Gasteiger partial charge in [-0.25, -0.2) is 4.68 Å². The molecule has 0 aliphatic carbocycles. The smallest absolute Gasteiger partial charge is 0.328 e. The Hall–Kier alpha value is -3.57. The van der Waals surface area contributed by atoms with Crippen LogP contribution in [0.1, 0.15) is 31.9 Å². The topological polar surface area (TPSA) is 106 Å². The molecule has 1 N–H and O–H groups in total. The Morgan fingerprint density at radius 2 is 1.97 bits per heavy atom. The lowest BCUT2D eigenvalue weighted by Crippen LogP contribution is -2.32. The molecule has 3 aromatic rings. The number of ether oxygens (including phenoxy) is 2. The van der Waals surface area contributed by atoms with Gasteiger partial charge < -0.3 is 14.8 Å². The third-order valence-corrected chi connectivity index (χ3v) is 4.76. The van der Waals surface area contributed by atoms with Crippen LogP contribution >= 0.6 is 11.6 Å². The number of rotatable bonds is 6. The van der Waals surface area contributed by atoms with Crippen molar-refractivity contribution in [3.8, 4) is 11.8 Å². The van der Waals surface area contributed by atoms with Gasteiger partial charge in [-0.05, 0) is 56.7 Å². The molecule has 166 valence electrons. The molecule has 0 atom stereocenters. The summed E-state index contributed by atoms with van der Waals surface area (Å²) in [6, 6.07) is 12.1. The van der Waals surface area contributed by atoms with Crippen LogP contribution < -0.4 is 15.6 Å². The van der Waals surface area contributed by atoms with Crippen LogP contribution in [0.3, 0.4) is 0 Å². The van der Waals surface area contributed by atoms with E-state index in [-0.39, 0.29) is 6.54 Å². The summed E-state index contributed by atoms with van der Waals surface area (Å²) >= 11 is 6.20. The van der Waals surface area contributed by atoms with Crippen LogP contribution in [0.15, 0.2) is 41.2 Å². The first-order valence-electron chi connectivity index (χ1n) is 9.84. The molecule has 0 bridgehead atoms. The lowest BCUT2D eigenvalue weighted by Gasteiger charge is -2.20. The highest BCUT2D eigenvalue weighted by atomic mass is 35.5. The van der Waals surface area contributed by atoms with Crippen LogP contribution in [-0.4, -0.2) is 28.5 Å². The number of carbonyl (C=O) groups is 1. The van der Waals surface area contributed by atoms with E-state index in [0.29, 0.717) is 39.5 Å². The lowest BCUT2D eigenvalue weighted by atomic mass is 10.1. The van der Waals surface area contributed by atoms with Crippen LogP contribution in [0, 0.1) is 11.3 Å². The van der Waals surface area contributed by atoms with E-state index in [9.17, 15) is 14.9 Å². The van der Waals surface area contributed by atoms with Crippen LogP contribution in [0.5, 0.6) is 5.75 Å². The molecule has 0 amide bonds. The monoisotopic (exact) mass is 454 g/mol. The fraction of sp³-hybridized carbons (Fsp3) is 0.304. The van der Waals surface area contributed by atoms with Crippen molar-refractivity contribution in [1.82, 2.24) is 9.78 Å². The number of hydrogen-bond donors (Lipinski definition) is 1. The van der Waals surface area contributed by atoms with Crippen molar-refractivity contribution in [2.24, 2.45) is 0 Å². The van der Waals surface area contributed by atoms with Gasteiger partial charge in [-0.1, -0.05) is 17.7 Å². The van der Waals surface area contributed by atoms with Crippen molar-refractivity contribution in [3.05, 3.63) is 62.9 Å². The predicted molar refractivity (Wildman–Crippen MR) is 122 cm³/mol. The second-order valence-electron chi connectivity index (χ2n) is 8.09. The molecular weight excluding hydrogens is 432 g/mol. The van der Waals surface area contributed by atoms with Gasteiger partial charge in [0.2, 0.25) is 0 Å². The molecule has 8 nitrogen and oxygen atoms in total. The van der Waals surface area contributed by atoms with Gasteiger partial charge in [-0.2, -0.15) is 10.4 Å². The van der Waals surface area contributed by atoms with Crippen LogP contribution in [0.4, 0.5) is 5.82 Å².